The Kier molecular flexibility index (Phi) is 4.53. The highest BCUT2D eigenvalue weighted by Crippen LogP contribution is 2.44. The summed E-state index contributed by atoms with van der Waals surface area (Å²) in [5, 5.41) is 5.47. The maximum absolute atomic E-state index is 12.7. The molecule has 1 aromatic heterocycles. The number of nitrogens with zero attached hydrogens (tertiary/aromatic N) is 1. The third-order valence-corrected chi connectivity index (χ3v) is 5.27. The summed E-state index contributed by atoms with van der Waals surface area (Å²) in [5.74, 6) is -0.0281. The molecule has 27 heavy (non-hydrogen) atoms. The molecule has 4 rings (SSSR count). The average molecular weight is 367 g/mol. The van der Waals surface area contributed by atoms with Gasteiger partial charge >= 0.3 is 0 Å². The van der Waals surface area contributed by atoms with Crippen LogP contribution in [0.5, 0.6) is 0 Å². The first-order chi connectivity index (χ1) is 13.1. The maximum atomic E-state index is 12.7. The summed E-state index contributed by atoms with van der Waals surface area (Å²) >= 11 is 0. The van der Waals surface area contributed by atoms with E-state index in [1.54, 1.807) is 0 Å². The highest BCUT2D eigenvalue weighted by atomic mass is 16.5. The van der Waals surface area contributed by atoms with Crippen LogP contribution < -0.4 is 16.2 Å². The van der Waals surface area contributed by atoms with Gasteiger partial charge < -0.3 is 19.9 Å². The SMILES string of the molecule is CNC(=O)c1cc(C(=O)N[C@H]2[C@@H]3COC[C@@H]32)cn(Cc2ccccc2)c1=O. The number of carbonyl (C=O) groups excluding carboxylic acids is 2. The largest absolute Gasteiger partial charge is 0.381 e. The van der Waals surface area contributed by atoms with Crippen LogP contribution in [0.4, 0.5) is 0 Å². The van der Waals surface area contributed by atoms with Crippen molar-refractivity contribution in [1.82, 2.24) is 15.2 Å². The van der Waals surface area contributed by atoms with Gasteiger partial charge in [0.15, 0.2) is 0 Å². The van der Waals surface area contributed by atoms with E-state index >= 15 is 0 Å². The molecule has 1 saturated heterocycles. The number of pyridine rings is 1. The van der Waals surface area contributed by atoms with Gasteiger partial charge in [0, 0.05) is 31.1 Å². The number of carbonyl (C=O) groups is 2. The van der Waals surface area contributed by atoms with Gasteiger partial charge in [0.05, 0.1) is 25.3 Å². The highest BCUT2D eigenvalue weighted by molar-refractivity contribution is 5.99. The van der Waals surface area contributed by atoms with Crippen molar-refractivity contribution in [3.63, 3.8) is 0 Å². The molecule has 7 nitrogen and oxygen atoms in total. The lowest BCUT2D eigenvalue weighted by atomic mass is 10.1. The van der Waals surface area contributed by atoms with E-state index in [4.69, 9.17) is 4.74 Å². The third kappa shape index (κ3) is 3.38. The van der Waals surface area contributed by atoms with Gasteiger partial charge in [-0.3, -0.25) is 14.4 Å². The Morgan fingerprint density at radius 3 is 2.52 bits per heavy atom. The molecular weight excluding hydrogens is 346 g/mol. The first kappa shape index (κ1) is 17.5. The number of hydrogen-bond donors (Lipinski definition) is 2. The predicted octanol–water partition coefficient (Wildman–Crippen LogP) is 0.631. The van der Waals surface area contributed by atoms with Crippen LogP contribution >= 0.6 is 0 Å². The van der Waals surface area contributed by atoms with Crippen LogP contribution in [-0.4, -0.2) is 42.7 Å². The van der Waals surface area contributed by atoms with Gasteiger partial charge in [0.1, 0.15) is 5.56 Å². The molecule has 2 N–H and O–H groups in total. The number of nitrogens with one attached hydrogen (secondary N) is 2. The molecule has 0 unspecified atom stereocenters. The van der Waals surface area contributed by atoms with E-state index in [2.05, 4.69) is 10.6 Å². The van der Waals surface area contributed by atoms with Crippen molar-refractivity contribution in [2.45, 2.75) is 12.6 Å². The van der Waals surface area contributed by atoms with Gasteiger partial charge in [0.2, 0.25) is 0 Å². The first-order valence-corrected chi connectivity index (χ1v) is 8.97. The number of hydrogen-bond acceptors (Lipinski definition) is 4. The molecular formula is C20H21N3O4. The van der Waals surface area contributed by atoms with E-state index in [0.717, 1.165) is 5.56 Å². The van der Waals surface area contributed by atoms with Gasteiger partial charge in [0.25, 0.3) is 17.4 Å². The van der Waals surface area contributed by atoms with Crippen molar-refractivity contribution in [1.29, 1.82) is 0 Å². The standard InChI is InChI=1S/C20H21N3O4/c1-21-19(25)14-7-13(18(24)22-17-15-10-27-11-16(15)17)9-23(20(14)26)8-12-5-3-2-4-6-12/h2-7,9,15-17H,8,10-11H2,1H3,(H,21,25)(H,22,24)/t15-,16+,17+. The van der Waals surface area contributed by atoms with Crippen molar-refractivity contribution >= 4 is 11.8 Å². The van der Waals surface area contributed by atoms with Crippen molar-refractivity contribution in [3.05, 3.63) is 69.6 Å². The Bertz CT molecular complexity index is 928. The van der Waals surface area contributed by atoms with Gasteiger partial charge in [-0.25, -0.2) is 0 Å². The summed E-state index contributed by atoms with van der Waals surface area (Å²) in [4.78, 5) is 37.5. The van der Waals surface area contributed by atoms with Crippen LogP contribution in [0.25, 0.3) is 0 Å². The molecule has 0 spiro atoms. The fraction of sp³-hybridized carbons (Fsp3) is 0.350. The summed E-state index contributed by atoms with van der Waals surface area (Å²) in [6.45, 7) is 1.63. The Morgan fingerprint density at radius 1 is 1.15 bits per heavy atom. The Balaban J connectivity index is 1.64. The van der Waals surface area contributed by atoms with Crippen LogP contribution in [0.15, 0.2) is 47.4 Å². The number of fused-ring (bicyclic) bond motifs is 1. The summed E-state index contributed by atoms with van der Waals surface area (Å²) in [7, 11) is 1.46. The second kappa shape index (κ2) is 7.00. The lowest BCUT2D eigenvalue weighted by molar-refractivity contribution is 0.0928. The summed E-state index contributed by atoms with van der Waals surface area (Å²) in [5.41, 5.74) is 0.746. The molecule has 2 aliphatic rings. The summed E-state index contributed by atoms with van der Waals surface area (Å²) in [6.07, 6.45) is 1.52. The summed E-state index contributed by atoms with van der Waals surface area (Å²) < 4.78 is 6.75. The molecule has 1 saturated carbocycles. The van der Waals surface area contributed by atoms with E-state index in [1.807, 2.05) is 30.3 Å². The zero-order chi connectivity index (χ0) is 19.0. The van der Waals surface area contributed by atoms with Crippen LogP contribution in [0.3, 0.4) is 0 Å². The molecule has 2 aromatic rings. The fourth-order valence-corrected chi connectivity index (χ4v) is 3.64. The van der Waals surface area contributed by atoms with E-state index in [0.29, 0.717) is 30.6 Å². The number of ether oxygens (including phenoxy) is 1. The number of amides is 2. The Morgan fingerprint density at radius 2 is 1.85 bits per heavy atom. The Hall–Kier alpha value is -2.93. The van der Waals surface area contributed by atoms with Gasteiger partial charge in [-0.15, -0.1) is 0 Å². The molecule has 0 radical (unpaired) electrons. The lowest BCUT2D eigenvalue weighted by Gasteiger charge is -2.13. The van der Waals surface area contributed by atoms with Crippen molar-refractivity contribution < 1.29 is 14.3 Å². The molecule has 2 fully saturated rings. The second-order valence-corrected chi connectivity index (χ2v) is 7.00. The van der Waals surface area contributed by atoms with Crippen LogP contribution in [-0.2, 0) is 11.3 Å². The quantitative estimate of drug-likeness (QED) is 0.811. The van der Waals surface area contributed by atoms with E-state index < -0.39 is 11.5 Å². The molecule has 1 aromatic carbocycles. The van der Waals surface area contributed by atoms with Crippen LogP contribution in [0.2, 0.25) is 0 Å². The van der Waals surface area contributed by atoms with Crippen LogP contribution in [0.1, 0.15) is 26.3 Å². The molecule has 3 atom stereocenters. The van der Waals surface area contributed by atoms with Gasteiger partial charge in [-0.05, 0) is 11.6 Å². The van der Waals surface area contributed by atoms with Crippen LogP contribution in [0, 0.1) is 11.8 Å². The average Bonchev–Trinajstić information content (AvgIpc) is 3.10. The van der Waals surface area contributed by atoms with E-state index in [1.165, 1.54) is 23.9 Å². The van der Waals surface area contributed by atoms with Crippen molar-refractivity contribution in [2.75, 3.05) is 20.3 Å². The molecule has 2 heterocycles. The predicted molar refractivity (Wildman–Crippen MR) is 98.7 cm³/mol. The monoisotopic (exact) mass is 367 g/mol. The first-order valence-electron chi connectivity index (χ1n) is 8.97. The molecule has 2 amide bonds. The lowest BCUT2D eigenvalue weighted by Crippen LogP contribution is -2.35. The smallest absolute Gasteiger partial charge is 0.263 e. The number of benzene rings is 1. The van der Waals surface area contributed by atoms with Crippen molar-refractivity contribution in [3.8, 4) is 0 Å². The minimum absolute atomic E-state index is 0.0413. The zero-order valence-corrected chi connectivity index (χ0v) is 15.0. The number of rotatable bonds is 5. The zero-order valence-electron chi connectivity index (χ0n) is 15.0. The number of aromatic nitrogens is 1. The third-order valence-electron chi connectivity index (χ3n) is 5.27. The minimum Gasteiger partial charge on any atom is -0.381 e. The van der Waals surface area contributed by atoms with Crippen molar-refractivity contribution in [2.24, 2.45) is 11.8 Å². The highest BCUT2D eigenvalue weighted by Gasteiger charge is 2.54. The van der Waals surface area contributed by atoms with E-state index in [-0.39, 0.29) is 24.1 Å². The van der Waals surface area contributed by atoms with Gasteiger partial charge in [-0.1, -0.05) is 30.3 Å². The normalized spacial score (nSPS) is 22.8. The van der Waals surface area contributed by atoms with E-state index in [9.17, 15) is 14.4 Å². The van der Waals surface area contributed by atoms with Gasteiger partial charge in [-0.2, -0.15) is 0 Å². The molecule has 1 aliphatic carbocycles. The molecule has 7 heteroatoms. The second-order valence-electron chi connectivity index (χ2n) is 7.00. The summed E-state index contributed by atoms with van der Waals surface area (Å²) in [6, 6.07) is 10.9. The fourth-order valence-electron chi connectivity index (χ4n) is 3.64. The Labute approximate surface area is 156 Å². The molecule has 1 aliphatic heterocycles. The minimum atomic E-state index is -0.506. The molecule has 140 valence electrons. The molecule has 0 bridgehead atoms. The topological polar surface area (TPSA) is 89.4 Å². The maximum Gasteiger partial charge on any atom is 0.263 e.